The van der Waals surface area contributed by atoms with Crippen molar-refractivity contribution in [1.82, 2.24) is 10.2 Å². The Bertz CT molecular complexity index is 740. The number of hydrogen-bond acceptors (Lipinski definition) is 4. The highest BCUT2D eigenvalue weighted by Gasteiger charge is 2.24. The summed E-state index contributed by atoms with van der Waals surface area (Å²) in [5.74, 6) is 0. The molecule has 108 valence electrons. The van der Waals surface area contributed by atoms with Crippen LogP contribution in [0.5, 0.6) is 0 Å². The Labute approximate surface area is 121 Å². The molecule has 0 fully saturated rings. The van der Waals surface area contributed by atoms with E-state index in [9.17, 15) is 13.5 Å². The van der Waals surface area contributed by atoms with Gasteiger partial charge in [-0.1, -0.05) is 17.7 Å². The maximum absolute atomic E-state index is 12.3. The van der Waals surface area contributed by atoms with Gasteiger partial charge in [0.15, 0.2) is 0 Å². The molecule has 6 nitrogen and oxygen atoms in total. The topological polar surface area (TPSA) is 95.1 Å². The quantitative estimate of drug-likeness (QED) is 0.804. The van der Waals surface area contributed by atoms with Gasteiger partial charge in [0.1, 0.15) is 0 Å². The van der Waals surface area contributed by atoms with Gasteiger partial charge in [-0.3, -0.25) is 9.82 Å². The first-order chi connectivity index (χ1) is 9.35. The van der Waals surface area contributed by atoms with E-state index in [4.69, 9.17) is 11.6 Å². The second-order valence-corrected chi connectivity index (χ2v) is 6.39. The second kappa shape index (κ2) is 5.43. The molecular weight excluding hydrogens is 302 g/mol. The predicted molar refractivity (Wildman–Crippen MR) is 76.2 cm³/mol. The van der Waals surface area contributed by atoms with Gasteiger partial charge in [-0.2, -0.15) is 13.5 Å². The van der Waals surface area contributed by atoms with Gasteiger partial charge in [0.25, 0.3) is 10.0 Å². The monoisotopic (exact) mass is 315 g/mol. The van der Waals surface area contributed by atoms with Crippen LogP contribution in [0, 0.1) is 13.8 Å². The zero-order chi connectivity index (χ0) is 14.9. The number of anilines is 1. The van der Waals surface area contributed by atoms with Gasteiger partial charge in [0.2, 0.25) is 5.03 Å². The molecular formula is C12H14ClN3O3S. The van der Waals surface area contributed by atoms with Crippen LogP contribution < -0.4 is 4.72 Å². The summed E-state index contributed by atoms with van der Waals surface area (Å²) in [6.45, 7) is 2.99. The number of nitrogens with one attached hydrogen (secondary N) is 2. The van der Waals surface area contributed by atoms with Crippen molar-refractivity contribution in [2.45, 2.75) is 25.5 Å². The number of hydrogen-bond donors (Lipinski definition) is 3. The number of aryl methyl sites for hydroxylation is 2. The number of aliphatic hydroxyl groups excluding tert-OH is 1. The molecule has 0 amide bonds. The molecule has 2 rings (SSSR count). The van der Waals surface area contributed by atoms with E-state index in [2.05, 4.69) is 14.9 Å². The van der Waals surface area contributed by atoms with E-state index in [1.807, 2.05) is 0 Å². The van der Waals surface area contributed by atoms with Crippen LogP contribution in [0.2, 0.25) is 5.02 Å². The summed E-state index contributed by atoms with van der Waals surface area (Å²) in [7, 11) is -3.89. The molecule has 0 radical (unpaired) electrons. The van der Waals surface area contributed by atoms with Gasteiger partial charge in [-0.15, -0.1) is 0 Å². The van der Waals surface area contributed by atoms with Gasteiger partial charge in [0, 0.05) is 16.3 Å². The summed E-state index contributed by atoms with van der Waals surface area (Å²) in [6, 6.07) is 4.90. The molecule has 1 heterocycles. The zero-order valence-electron chi connectivity index (χ0n) is 10.9. The molecule has 2 aromatic rings. The molecule has 1 aromatic heterocycles. The van der Waals surface area contributed by atoms with Crippen LogP contribution in [0.3, 0.4) is 0 Å². The Hall–Kier alpha value is -1.57. The van der Waals surface area contributed by atoms with E-state index in [-0.39, 0.29) is 10.6 Å². The van der Waals surface area contributed by atoms with Crippen molar-refractivity contribution in [3.63, 3.8) is 0 Å². The summed E-state index contributed by atoms with van der Waals surface area (Å²) in [4.78, 5) is 0. The molecule has 0 unspecified atom stereocenters. The first kappa shape index (κ1) is 14.8. The van der Waals surface area contributed by atoms with Crippen molar-refractivity contribution in [3.05, 3.63) is 40.0 Å². The van der Waals surface area contributed by atoms with Gasteiger partial charge in [0.05, 0.1) is 12.3 Å². The predicted octanol–water partition coefficient (Wildman–Crippen LogP) is 1.97. The number of nitrogens with zero attached hydrogens (tertiary/aromatic N) is 1. The average Bonchev–Trinajstić information content (AvgIpc) is 2.75. The fraction of sp³-hybridized carbons (Fsp3) is 0.250. The molecule has 0 spiro atoms. The number of aromatic nitrogens is 2. The van der Waals surface area contributed by atoms with E-state index in [1.54, 1.807) is 26.0 Å². The first-order valence-corrected chi connectivity index (χ1v) is 7.65. The van der Waals surface area contributed by atoms with Crippen molar-refractivity contribution in [2.75, 3.05) is 4.72 Å². The first-order valence-electron chi connectivity index (χ1n) is 5.79. The number of rotatable bonds is 4. The van der Waals surface area contributed by atoms with Crippen LogP contribution >= 0.6 is 11.6 Å². The van der Waals surface area contributed by atoms with Gasteiger partial charge in [-0.05, 0) is 31.5 Å². The maximum Gasteiger partial charge on any atom is 0.281 e. The molecule has 8 heteroatoms. The van der Waals surface area contributed by atoms with Crippen LogP contribution in [-0.4, -0.2) is 23.7 Å². The minimum absolute atomic E-state index is 0.211. The van der Waals surface area contributed by atoms with Crippen molar-refractivity contribution in [1.29, 1.82) is 0 Å². The molecule has 0 saturated carbocycles. The smallest absolute Gasteiger partial charge is 0.281 e. The number of sulfonamides is 1. The molecule has 0 saturated heterocycles. The van der Waals surface area contributed by atoms with Gasteiger partial charge >= 0.3 is 0 Å². The number of aliphatic hydroxyl groups is 1. The summed E-state index contributed by atoms with van der Waals surface area (Å²) < 4.78 is 27.0. The Morgan fingerprint density at radius 3 is 2.75 bits per heavy atom. The molecule has 3 N–H and O–H groups in total. The van der Waals surface area contributed by atoms with Crippen LogP contribution in [0.4, 0.5) is 5.69 Å². The summed E-state index contributed by atoms with van der Waals surface area (Å²) >= 11 is 5.86. The van der Waals surface area contributed by atoms with Crippen molar-refractivity contribution < 1.29 is 13.5 Å². The molecule has 1 aromatic carbocycles. The van der Waals surface area contributed by atoms with Crippen molar-refractivity contribution >= 4 is 27.3 Å². The minimum atomic E-state index is -3.89. The summed E-state index contributed by atoms with van der Waals surface area (Å²) in [5, 5.41) is 15.7. The standard InChI is InChI=1S/C12H14ClN3O3S/c1-7-3-4-9(13)5-11(7)16-20(18,19)12-10(6-17)8(2)14-15-12/h3-5,16-17H,6H2,1-2H3,(H,14,15). The fourth-order valence-corrected chi connectivity index (χ4v) is 3.22. The van der Waals surface area contributed by atoms with Crippen LogP contribution in [-0.2, 0) is 16.6 Å². The molecule has 0 atom stereocenters. The number of aromatic amines is 1. The van der Waals surface area contributed by atoms with E-state index in [0.717, 1.165) is 5.56 Å². The van der Waals surface area contributed by atoms with Crippen LogP contribution in [0.25, 0.3) is 0 Å². The Morgan fingerprint density at radius 2 is 2.10 bits per heavy atom. The summed E-state index contributed by atoms with van der Waals surface area (Å²) in [5.41, 5.74) is 1.87. The van der Waals surface area contributed by atoms with E-state index < -0.39 is 16.6 Å². The van der Waals surface area contributed by atoms with Gasteiger partial charge < -0.3 is 5.11 Å². The lowest BCUT2D eigenvalue weighted by Crippen LogP contribution is -2.16. The molecule has 0 bridgehead atoms. The number of benzene rings is 1. The molecule has 0 aliphatic carbocycles. The molecule has 0 aliphatic rings. The zero-order valence-corrected chi connectivity index (χ0v) is 12.5. The highest BCUT2D eigenvalue weighted by atomic mass is 35.5. The molecule has 0 aliphatic heterocycles. The van der Waals surface area contributed by atoms with Crippen molar-refractivity contribution in [2.24, 2.45) is 0 Å². The maximum atomic E-state index is 12.3. The molecule has 20 heavy (non-hydrogen) atoms. The lowest BCUT2D eigenvalue weighted by Gasteiger charge is -2.10. The van der Waals surface area contributed by atoms with Gasteiger partial charge in [-0.25, -0.2) is 0 Å². The third-order valence-corrected chi connectivity index (χ3v) is 4.46. The summed E-state index contributed by atoms with van der Waals surface area (Å²) in [6.07, 6.45) is 0. The van der Waals surface area contributed by atoms with Crippen LogP contribution in [0.1, 0.15) is 16.8 Å². The number of H-pyrrole nitrogens is 1. The SMILES string of the molecule is Cc1ccc(Cl)cc1NS(=O)(=O)c1n[nH]c(C)c1CO. The van der Waals surface area contributed by atoms with E-state index >= 15 is 0 Å². The normalized spacial score (nSPS) is 11.6. The Balaban J connectivity index is 2.43. The highest BCUT2D eigenvalue weighted by Crippen LogP contribution is 2.24. The Morgan fingerprint density at radius 1 is 1.40 bits per heavy atom. The largest absolute Gasteiger partial charge is 0.392 e. The average molecular weight is 316 g/mol. The van der Waals surface area contributed by atoms with Crippen LogP contribution in [0.15, 0.2) is 23.2 Å². The number of halogens is 1. The lowest BCUT2D eigenvalue weighted by molar-refractivity contribution is 0.277. The third-order valence-electron chi connectivity index (χ3n) is 2.89. The minimum Gasteiger partial charge on any atom is -0.392 e. The van der Waals surface area contributed by atoms with Crippen molar-refractivity contribution in [3.8, 4) is 0 Å². The lowest BCUT2D eigenvalue weighted by atomic mass is 10.2. The third kappa shape index (κ3) is 2.79. The second-order valence-electron chi connectivity index (χ2n) is 4.36. The highest BCUT2D eigenvalue weighted by molar-refractivity contribution is 7.92. The Kier molecular flexibility index (Phi) is 4.03. The van der Waals surface area contributed by atoms with E-state index in [1.165, 1.54) is 6.07 Å². The van der Waals surface area contributed by atoms with E-state index in [0.29, 0.717) is 16.4 Å². The fourth-order valence-electron chi connectivity index (χ4n) is 1.74.